The van der Waals surface area contributed by atoms with Crippen LogP contribution in [0.25, 0.3) is 11.1 Å². The number of nitrogens with one attached hydrogen (secondary N) is 2. The van der Waals surface area contributed by atoms with Gasteiger partial charge in [0.15, 0.2) is 5.11 Å². The first kappa shape index (κ1) is 19.1. The molecule has 0 heterocycles. The van der Waals surface area contributed by atoms with E-state index >= 15 is 0 Å². The lowest BCUT2D eigenvalue weighted by molar-refractivity contribution is 0.0976. The van der Waals surface area contributed by atoms with Crippen LogP contribution in [0.4, 0.5) is 0 Å². The normalized spacial score (nSPS) is 10.3. The monoisotopic (exact) mass is 354 g/mol. The predicted molar refractivity (Wildman–Crippen MR) is 109 cm³/mol. The summed E-state index contributed by atoms with van der Waals surface area (Å²) in [7, 11) is 0. The van der Waals surface area contributed by atoms with Gasteiger partial charge < -0.3 is 5.32 Å². The molecule has 2 aromatic rings. The zero-order valence-electron chi connectivity index (χ0n) is 14.8. The highest BCUT2D eigenvalue weighted by Gasteiger charge is 2.07. The van der Waals surface area contributed by atoms with Crippen LogP contribution < -0.4 is 10.6 Å². The maximum atomic E-state index is 12.2. The average Bonchev–Trinajstić information content (AvgIpc) is 2.65. The number of rotatable bonds is 8. The summed E-state index contributed by atoms with van der Waals surface area (Å²) in [6.45, 7) is 3.01. The number of hydrogen-bond donors (Lipinski definition) is 2. The van der Waals surface area contributed by atoms with Gasteiger partial charge in [0.25, 0.3) is 5.91 Å². The third-order valence-electron chi connectivity index (χ3n) is 4.05. The maximum Gasteiger partial charge on any atom is 0.257 e. The first-order chi connectivity index (χ1) is 12.2. The van der Waals surface area contributed by atoms with Crippen molar-refractivity contribution in [3.8, 4) is 11.1 Å². The summed E-state index contributed by atoms with van der Waals surface area (Å²) in [6.07, 6.45) is 6.04. The van der Waals surface area contributed by atoms with E-state index in [1.807, 2.05) is 42.5 Å². The molecule has 1 amide bonds. The molecule has 4 heteroatoms. The Balaban J connectivity index is 1.77. The van der Waals surface area contributed by atoms with Crippen LogP contribution in [0.3, 0.4) is 0 Å². The highest BCUT2D eigenvalue weighted by Crippen LogP contribution is 2.19. The molecule has 2 N–H and O–H groups in total. The van der Waals surface area contributed by atoms with Crippen molar-refractivity contribution in [2.75, 3.05) is 6.54 Å². The average molecular weight is 355 g/mol. The molecule has 0 aromatic heterocycles. The van der Waals surface area contributed by atoms with Crippen LogP contribution in [0.5, 0.6) is 0 Å². The lowest BCUT2D eigenvalue weighted by atomic mass is 10.0. The minimum absolute atomic E-state index is 0.178. The van der Waals surface area contributed by atoms with Crippen molar-refractivity contribution in [3.05, 3.63) is 60.2 Å². The number of benzene rings is 2. The maximum absolute atomic E-state index is 12.2. The van der Waals surface area contributed by atoms with Crippen molar-refractivity contribution in [2.45, 2.75) is 39.0 Å². The van der Waals surface area contributed by atoms with Gasteiger partial charge in [-0.3, -0.25) is 10.1 Å². The van der Waals surface area contributed by atoms with Gasteiger partial charge in [-0.1, -0.05) is 75.1 Å². The number of thiocarbonyl (C=S) groups is 1. The summed E-state index contributed by atoms with van der Waals surface area (Å²) in [5, 5.41) is 6.23. The highest BCUT2D eigenvalue weighted by molar-refractivity contribution is 7.80. The lowest BCUT2D eigenvalue weighted by Crippen LogP contribution is -2.39. The lowest BCUT2D eigenvalue weighted by Gasteiger charge is -2.10. The predicted octanol–water partition coefficient (Wildman–Crippen LogP) is 4.93. The van der Waals surface area contributed by atoms with Crippen LogP contribution in [0.15, 0.2) is 54.6 Å². The van der Waals surface area contributed by atoms with E-state index in [4.69, 9.17) is 12.2 Å². The topological polar surface area (TPSA) is 41.1 Å². The quantitative estimate of drug-likeness (QED) is 0.522. The minimum Gasteiger partial charge on any atom is -0.362 e. The fourth-order valence-corrected chi connectivity index (χ4v) is 2.79. The van der Waals surface area contributed by atoms with E-state index in [1.165, 1.54) is 25.7 Å². The molecule has 0 aliphatic heterocycles. The van der Waals surface area contributed by atoms with E-state index < -0.39 is 0 Å². The fraction of sp³-hybridized carbons (Fsp3) is 0.333. The van der Waals surface area contributed by atoms with Crippen molar-refractivity contribution < 1.29 is 4.79 Å². The molecule has 25 heavy (non-hydrogen) atoms. The summed E-state index contributed by atoms with van der Waals surface area (Å²) in [4.78, 5) is 12.2. The summed E-state index contributed by atoms with van der Waals surface area (Å²) in [5.41, 5.74) is 2.83. The molecule has 0 saturated carbocycles. The molecule has 0 aliphatic rings. The molecular weight excluding hydrogens is 328 g/mol. The van der Waals surface area contributed by atoms with Crippen molar-refractivity contribution >= 4 is 23.2 Å². The smallest absolute Gasteiger partial charge is 0.257 e. The Kier molecular flexibility index (Phi) is 8.13. The van der Waals surface area contributed by atoms with Gasteiger partial charge in [0.2, 0.25) is 0 Å². The van der Waals surface area contributed by atoms with E-state index in [2.05, 4.69) is 29.7 Å². The molecule has 0 aliphatic carbocycles. The third kappa shape index (κ3) is 6.67. The second-order valence-electron chi connectivity index (χ2n) is 6.07. The number of carbonyl (C=O) groups excluding carboxylic acids is 1. The molecule has 0 saturated heterocycles. The summed E-state index contributed by atoms with van der Waals surface area (Å²) >= 11 is 5.19. The van der Waals surface area contributed by atoms with Gasteiger partial charge in [0.05, 0.1) is 0 Å². The molecule has 132 valence electrons. The third-order valence-corrected chi connectivity index (χ3v) is 4.29. The summed E-state index contributed by atoms with van der Waals surface area (Å²) in [6, 6.07) is 17.6. The molecule has 0 fully saturated rings. The highest BCUT2D eigenvalue weighted by atomic mass is 32.1. The zero-order valence-corrected chi connectivity index (χ0v) is 15.6. The Bertz CT molecular complexity index is 668. The van der Waals surface area contributed by atoms with E-state index in [1.54, 1.807) is 0 Å². The SMILES string of the molecule is CCCCCCCNC(=S)NC(=O)c1ccc(-c2ccccc2)cc1. The van der Waals surface area contributed by atoms with Crippen LogP contribution in [0.2, 0.25) is 0 Å². The van der Waals surface area contributed by atoms with Crippen molar-refractivity contribution in [3.63, 3.8) is 0 Å². The van der Waals surface area contributed by atoms with Gasteiger partial charge in [-0.25, -0.2) is 0 Å². The van der Waals surface area contributed by atoms with Gasteiger partial charge in [-0.15, -0.1) is 0 Å². The Hall–Kier alpha value is -2.20. The zero-order chi connectivity index (χ0) is 17.9. The fourth-order valence-electron chi connectivity index (χ4n) is 2.59. The molecule has 0 radical (unpaired) electrons. The largest absolute Gasteiger partial charge is 0.362 e. The van der Waals surface area contributed by atoms with Gasteiger partial charge in [-0.2, -0.15) is 0 Å². The van der Waals surface area contributed by atoms with E-state index in [-0.39, 0.29) is 5.91 Å². The van der Waals surface area contributed by atoms with Gasteiger partial charge in [-0.05, 0) is 41.9 Å². The molecule has 0 spiro atoms. The summed E-state index contributed by atoms with van der Waals surface area (Å²) < 4.78 is 0. The number of amides is 1. The molecule has 2 rings (SSSR count). The van der Waals surface area contributed by atoms with Crippen LogP contribution in [-0.2, 0) is 0 Å². The van der Waals surface area contributed by atoms with Gasteiger partial charge in [0, 0.05) is 12.1 Å². The molecule has 0 atom stereocenters. The Morgan fingerprint density at radius 2 is 1.52 bits per heavy atom. The second-order valence-corrected chi connectivity index (χ2v) is 6.48. The van der Waals surface area contributed by atoms with Crippen LogP contribution in [0, 0.1) is 0 Å². The minimum atomic E-state index is -0.178. The Morgan fingerprint density at radius 3 is 2.20 bits per heavy atom. The van der Waals surface area contributed by atoms with E-state index in [0.29, 0.717) is 10.7 Å². The van der Waals surface area contributed by atoms with Crippen molar-refractivity contribution in [1.29, 1.82) is 0 Å². The molecule has 2 aromatic carbocycles. The molecular formula is C21H26N2OS. The van der Waals surface area contributed by atoms with Crippen LogP contribution in [0.1, 0.15) is 49.4 Å². The first-order valence-electron chi connectivity index (χ1n) is 8.95. The molecule has 3 nitrogen and oxygen atoms in total. The number of carbonyl (C=O) groups is 1. The van der Waals surface area contributed by atoms with Gasteiger partial charge >= 0.3 is 0 Å². The van der Waals surface area contributed by atoms with Crippen LogP contribution >= 0.6 is 12.2 Å². The van der Waals surface area contributed by atoms with Crippen molar-refractivity contribution in [2.24, 2.45) is 0 Å². The first-order valence-corrected chi connectivity index (χ1v) is 9.36. The molecule has 0 unspecified atom stereocenters. The second kappa shape index (κ2) is 10.6. The van der Waals surface area contributed by atoms with E-state index in [0.717, 1.165) is 24.1 Å². The Morgan fingerprint density at radius 1 is 0.880 bits per heavy atom. The van der Waals surface area contributed by atoms with Crippen molar-refractivity contribution in [1.82, 2.24) is 10.6 Å². The standard InChI is InChI=1S/C21H26N2OS/c1-2-3-4-5-9-16-22-21(25)23-20(24)19-14-12-18(13-15-19)17-10-7-6-8-11-17/h6-8,10-15H,2-5,9,16H2,1H3,(H2,22,23,24,25). The summed E-state index contributed by atoms with van der Waals surface area (Å²) in [5.74, 6) is -0.178. The van der Waals surface area contributed by atoms with E-state index in [9.17, 15) is 4.79 Å². The number of unbranched alkanes of at least 4 members (excludes halogenated alkanes) is 4. The van der Waals surface area contributed by atoms with Crippen LogP contribution in [-0.4, -0.2) is 17.6 Å². The molecule has 0 bridgehead atoms. The Labute approximate surface area is 155 Å². The number of hydrogen-bond acceptors (Lipinski definition) is 2. The van der Waals surface area contributed by atoms with Gasteiger partial charge in [0.1, 0.15) is 0 Å².